The summed E-state index contributed by atoms with van der Waals surface area (Å²) in [6.45, 7) is 3.32. The molecule has 3 aromatic rings. The number of furan rings is 1. The predicted molar refractivity (Wildman–Crippen MR) is 89.9 cm³/mol. The number of aryl methyl sites for hydroxylation is 1. The Bertz CT molecular complexity index is 851. The van der Waals surface area contributed by atoms with Crippen LogP contribution < -0.4 is 5.32 Å². The lowest BCUT2D eigenvalue weighted by atomic mass is 10.2. The summed E-state index contributed by atoms with van der Waals surface area (Å²) >= 11 is 0. The molecule has 0 saturated carbocycles. The highest BCUT2D eigenvalue weighted by atomic mass is 16.5. The zero-order chi connectivity index (χ0) is 17.2. The van der Waals surface area contributed by atoms with Crippen LogP contribution in [0.3, 0.4) is 0 Å². The minimum absolute atomic E-state index is 0.150. The summed E-state index contributed by atoms with van der Waals surface area (Å²) in [6, 6.07) is 3.50. The number of nitrogens with one attached hydrogen (secondary N) is 1. The summed E-state index contributed by atoms with van der Waals surface area (Å²) < 4.78 is 12.6. The van der Waals surface area contributed by atoms with Crippen molar-refractivity contribution < 1.29 is 13.7 Å². The summed E-state index contributed by atoms with van der Waals surface area (Å²) in [6.07, 6.45) is 8.98. The maximum Gasteiger partial charge on any atom is 0.323 e. The number of rotatable bonds is 4. The molecule has 3 aromatic heterocycles. The number of likely N-dealkylation sites (tertiary alicyclic amines) is 1. The van der Waals surface area contributed by atoms with Crippen molar-refractivity contribution in [3.8, 4) is 11.3 Å². The second-order valence-corrected chi connectivity index (χ2v) is 6.15. The molecule has 4 rings (SSSR count). The van der Waals surface area contributed by atoms with Crippen molar-refractivity contribution in [2.75, 3.05) is 11.9 Å². The van der Waals surface area contributed by atoms with Crippen molar-refractivity contribution in [2.24, 2.45) is 0 Å². The van der Waals surface area contributed by atoms with E-state index in [1.54, 1.807) is 24.9 Å². The first-order chi connectivity index (χ1) is 12.2. The first-order valence-corrected chi connectivity index (χ1v) is 8.25. The second kappa shape index (κ2) is 6.46. The van der Waals surface area contributed by atoms with E-state index in [1.807, 2.05) is 28.7 Å². The normalized spacial score (nSPS) is 17.2. The average molecular weight is 341 g/mol. The summed E-state index contributed by atoms with van der Waals surface area (Å²) in [5.41, 5.74) is 0.826. The molecule has 0 spiro atoms. The van der Waals surface area contributed by atoms with Crippen molar-refractivity contribution in [3.63, 3.8) is 0 Å². The third-order valence-electron chi connectivity index (χ3n) is 4.49. The fourth-order valence-electron chi connectivity index (χ4n) is 3.21. The van der Waals surface area contributed by atoms with Gasteiger partial charge in [0.2, 0.25) is 0 Å². The molecule has 1 aliphatic heterocycles. The largest absolute Gasteiger partial charge is 0.469 e. The molecule has 2 amide bonds. The first kappa shape index (κ1) is 15.5. The molecule has 8 heteroatoms. The van der Waals surface area contributed by atoms with Crippen LogP contribution >= 0.6 is 0 Å². The van der Waals surface area contributed by atoms with Gasteiger partial charge in [-0.1, -0.05) is 5.16 Å². The number of hydrogen-bond acceptors (Lipinski definition) is 5. The van der Waals surface area contributed by atoms with E-state index in [9.17, 15) is 4.79 Å². The Labute approximate surface area is 144 Å². The van der Waals surface area contributed by atoms with E-state index in [-0.39, 0.29) is 12.1 Å². The minimum atomic E-state index is -0.161. The predicted octanol–water partition coefficient (Wildman–Crippen LogP) is 3.14. The number of urea groups is 1. The lowest BCUT2D eigenvalue weighted by Crippen LogP contribution is -2.40. The van der Waals surface area contributed by atoms with E-state index >= 15 is 0 Å². The Morgan fingerprint density at radius 2 is 2.40 bits per heavy atom. The topological polar surface area (TPSA) is 89.3 Å². The van der Waals surface area contributed by atoms with Crippen LogP contribution in [0.5, 0.6) is 0 Å². The van der Waals surface area contributed by atoms with E-state index in [0.717, 1.165) is 37.3 Å². The highest BCUT2D eigenvalue weighted by Gasteiger charge is 2.29. The van der Waals surface area contributed by atoms with Crippen LogP contribution in [0.15, 0.2) is 46.1 Å². The smallest absolute Gasteiger partial charge is 0.323 e. The monoisotopic (exact) mass is 341 g/mol. The molecule has 0 bridgehead atoms. The molecule has 4 heterocycles. The van der Waals surface area contributed by atoms with Crippen molar-refractivity contribution in [2.45, 2.75) is 32.4 Å². The first-order valence-electron chi connectivity index (χ1n) is 8.25. The molecule has 1 atom stereocenters. The Balaban J connectivity index is 1.43. The van der Waals surface area contributed by atoms with Gasteiger partial charge in [0.05, 0.1) is 24.2 Å². The maximum absolute atomic E-state index is 12.6. The van der Waals surface area contributed by atoms with Crippen molar-refractivity contribution in [3.05, 3.63) is 42.9 Å². The van der Waals surface area contributed by atoms with Gasteiger partial charge in [0.1, 0.15) is 5.76 Å². The zero-order valence-corrected chi connectivity index (χ0v) is 13.9. The van der Waals surface area contributed by atoms with Crippen LogP contribution in [0.1, 0.15) is 18.6 Å². The lowest BCUT2D eigenvalue weighted by molar-refractivity contribution is 0.201. The summed E-state index contributed by atoms with van der Waals surface area (Å²) in [4.78, 5) is 18.5. The molecular formula is C17H19N5O3. The maximum atomic E-state index is 12.6. The quantitative estimate of drug-likeness (QED) is 0.787. The molecule has 0 aromatic carbocycles. The molecule has 1 fully saturated rings. The Morgan fingerprint density at radius 3 is 3.16 bits per heavy atom. The van der Waals surface area contributed by atoms with Gasteiger partial charge in [0, 0.05) is 31.5 Å². The van der Waals surface area contributed by atoms with Gasteiger partial charge < -0.3 is 18.4 Å². The number of hydrogen-bond donors (Lipinski definition) is 1. The van der Waals surface area contributed by atoms with E-state index in [2.05, 4.69) is 15.5 Å². The number of carbonyl (C=O) groups is 1. The Kier molecular flexibility index (Phi) is 4.01. The van der Waals surface area contributed by atoms with Crippen LogP contribution in [-0.4, -0.2) is 38.2 Å². The van der Waals surface area contributed by atoms with Crippen molar-refractivity contribution in [1.82, 2.24) is 19.6 Å². The number of carbonyl (C=O) groups excluding carboxylic acids is 1. The number of anilines is 1. The van der Waals surface area contributed by atoms with Gasteiger partial charge in [-0.15, -0.1) is 0 Å². The van der Waals surface area contributed by atoms with E-state index in [0.29, 0.717) is 11.6 Å². The number of imidazole rings is 1. The Hall–Kier alpha value is -3.03. The fraction of sp³-hybridized carbons (Fsp3) is 0.353. The van der Waals surface area contributed by atoms with Gasteiger partial charge in [-0.2, -0.15) is 0 Å². The summed E-state index contributed by atoms with van der Waals surface area (Å²) in [5.74, 6) is 1.71. The standard InChI is InChI=1S/C17H19N5O3/c1-12-14(4-8-24-12)15-9-16(20-25-15)19-17(23)22-6-2-3-13(22)10-21-7-5-18-11-21/h4-5,7-9,11,13H,2-3,6,10H2,1H3,(H,19,20,23)/t13-/m1/s1. The third-order valence-corrected chi connectivity index (χ3v) is 4.49. The SMILES string of the molecule is Cc1occc1-c1cc(NC(=O)N2CCC[C@@H]2Cn2ccnc2)no1. The Morgan fingerprint density at radius 1 is 1.48 bits per heavy atom. The molecule has 130 valence electrons. The highest BCUT2D eigenvalue weighted by Crippen LogP contribution is 2.27. The molecule has 25 heavy (non-hydrogen) atoms. The summed E-state index contributed by atoms with van der Waals surface area (Å²) in [7, 11) is 0. The van der Waals surface area contributed by atoms with Gasteiger partial charge in [-0.3, -0.25) is 5.32 Å². The van der Waals surface area contributed by atoms with E-state index < -0.39 is 0 Å². The molecule has 1 saturated heterocycles. The van der Waals surface area contributed by atoms with Gasteiger partial charge >= 0.3 is 6.03 Å². The van der Waals surface area contributed by atoms with Crippen LogP contribution in [0, 0.1) is 6.92 Å². The van der Waals surface area contributed by atoms with Crippen LogP contribution in [0.4, 0.5) is 10.6 Å². The van der Waals surface area contributed by atoms with Gasteiger partial charge in [-0.25, -0.2) is 9.78 Å². The third kappa shape index (κ3) is 3.15. The van der Waals surface area contributed by atoms with Gasteiger partial charge in [-0.05, 0) is 25.8 Å². The number of aromatic nitrogens is 3. The molecular weight excluding hydrogens is 322 g/mol. The average Bonchev–Trinajstić information content (AvgIpc) is 3.35. The molecule has 1 N–H and O–H groups in total. The summed E-state index contributed by atoms with van der Waals surface area (Å²) in [5, 5.41) is 6.76. The van der Waals surface area contributed by atoms with Gasteiger partial charge in [0.25, 0.3) is 0 Å². The second-order valence-electron chi connectivity index (χ2n) is 6.15. The lowest BCUT2D eigenvalue weighted by Gasteiger charge is -2.24. The van der Waals surface area contributed by atoms with Crippen molar-refractivity contribution in [1.29, 1.82) is 0 Å². The molecule has 1 aliphatic rings. The zero-order valence-electron chi connectivity index (χ0n) is 13.9. The minimum Gasteiger partial charge on any atom is -0.469 e. The van der Waals surface area contributed by atoms with Crippen LogP contribution in [-0.2, 0) is 6.54 Å². The number of amides is 2. The van der Waals surface area contributed by atoms with Crippen molar-refractivity contribution >= 4 is 11.8 Å². The number of nitrogens with zero attached hydrogens (tertiary/aromatic N) is 4. The van der Waals surface area contributed by atoms with E-state index in [4.69, 9.17) is 8.94 Å². The van der Waals surface area contributed by atoms with Crippen LogP contribution in [0.2, 0.25) is 0 Å². The van der Waals surface area contributed by atoms with Gasteiger partial charge in [0.15, 0.2) is 11.6 Å². The molecule has 0 radical (unpaired) electrons. The molecule has 0 unspecified atom stereocenters. The fourth-order valence-corrected chi connectivity index (χ4v) is 3.21. The van der Waals surface area contributed by atoms with Crippen LogP contribution in [0.25, 0.3) is 11.3 Å². The highest BCUT2D eigenvalue weighted by molar-refractivity contribution is 5.89. The molecule has 8 nitrogen and oxygen atoms in total. The van der Waals surface area contributed by atoms with E-state index in [1.165, 1.54) is 0 Å². The molecule has 0 aliphatic carbocycles.